The Morgan fingerprint density at radius 2 is 1.76 bits per heavy atom. The first-order chi connectivity index (χ1) is 26.0. The molecular formula is C38H30F6N6O4S. The molecule has 0 bridgehead atoms. The molecular weight excluding hydrogens is 751 g/mol. The number of nitrogens with one attached hydrogen (secondary N) is 1. The van der Waals surface area contributed by atoms with Gasteiger partial charge in [-0.05, 0) is 61.9 Å². The maximum atomic E-state index is 15.3. The Labute approximate surface area is 309 Å². The number of sulfonamides is 1. The van der Waals surface area contributed by atoms with E-state index in [1.807, 2.05) is 0 Å². The fourth-order valence-electron chi connectivity index (χ4n) is 7.41. The van der Waals surface area contributed by atoms with Crippen LogP contribution in [0.25, 0.3) is 60.9 Å². The van der Waals surface area contributed by atoms with Crippen molar-refractivity contribution in [1.29, 1.82) is 0 Å². The van der Waals surface area contributed by atoms with Crippen molar-refractivity contribution in [3.63, 3.8) is 0 Å². The van der Waals surface area contributed by atoms with Crippen LogP contribution in [0, 0.1) is 17.5 Å². The fraction of sp³-hybridized carbons (Fsp3) is 0.237. The average molecular weight is 781 g/mol. The van der Waals surface area contributed by atoms with Gasteiger partial charge in [0.1, 0.15) is 34.9 Å². The van der Waals surface area contributed by atoms with Gasteiger partial charge in [-0.2, -0.15) is 13.2 Å². The number of rotatable bonds is 7. The van der Waals surface area contributed by atoms with Gasteiger partial charge in [-0.15, -0.1) is 0 Å². The van der Waals surface area contributed by atoms with E-state index in [2.05, 4.69) is 10.3 Å². The lowest BCUT2D eigenvalue weighted by Gasteiger charge is -2.26. The minimum Gasteiger partial charge on any atom is -0.455 e. The number of benzene rings is 3. The van der Waals surface area contributed by atoms with E-state index in [4.69, 9.17) is 9.40 Å². The Morgan fingerprint density at radius 1 is 0.982 bits per heavy atom. The number of amides is 1. The van der Waals surface area contributed by atoms with Crippen LogP contribution >= 0.6 is 0 Å². The van der Waals surface area contributed by atoms with Crippen LogP contribution in [-0.2, 0) is 16.6 Å². The molecule has 55 heavy (non-hydrogen) atoms. The zero-order chi connectivity index (χ0) is 39.1. The maximum absolute atomic E-state index is 15.3. The quantitative estimate of drug-likeness (QED) is 0.164. The van der Waals surface area contributed by atoms with E-state index in [1.54, 1.807) is 22.6 Å². The third-order valence-corrected chi connectivity index (χ3v) is 11.3. The Bertz CT molecular complexity index is 2840. The van der Waals surface area contributed by atoms with Gasteiger partial charge in [-0.3, -0.25) is 23.4 Å². The number of anilines is 1. The summed E-state index contributed by atoms with van der Waals surface area (Å²) in [5.41, 5.74) is 1.18. The van der Waals surface area contributed by atoms with Crippen LogP contribution in [0.4, 0.5) is 32.0 Å². The fourth-order valence-corrected chi connectivity index (χ4v) is 7.92. The van der Waals surface area contributed by atoms with Gasteiger partial charge in [-0.1, -0.05) is 6.07 Å². The molecule has 7 aromatic rings. The smallest absolute Gasteiger partial charge is 0.404 e. The van der Waals surface area contributed by atoms with Crippen LogP contribution in [0.3, 0.4) is 0 Å². The topological polar surface area (TPSA) is 113 Å². The minimum absolute atomic E-state index is 0.00783. The number of fused-ring (bicyclic) bond motifs is 6. The molecule has 1 saturated heterocycles. The number of carbonyl (C=O) groups is 1. The average Bonchev–Trinajstić information content (AvgIpc) is 3.86. The molecule has 4 aromatic heterocycles. The Hall–Kier alpha value is -5.68. The molecule has 0 radical (unpaired) electrons. The third kappa shape index (κ3) is 6.10. The molecule has 1 atom stereocenters. The molecule has 1 N–H and O–H groups in total. The van der Waals surface area contributed by atoms with Crippen LogP contribution in [-0.4, -0.2) is 72.7 Å². The number of alkyl halides is 3. The van der Waals surface area contributed by atoms with Gasteiger partial charge in [0.05, 0.1) is 58.1 Å². The van der Waals surface area contributed by atoms with Gasteiger partial charge in [0, 0.05) is 48.0 Å². The zero-order valence-corrected chi connectivity index (χ0v) is 30.1. The number of furan rings is 1. The van der Waals surface area contributed by atoms with E-state index in [-0.39, 0.29) is 81.0 Å². The standard InChI is InChI=1S/C38H30F6N6O4S/c1-45-37(51)35-24-13-22(30(48(2)55(3,52)53)16-32(24)54-36(35)20-10-9-19(39)12-26(20)41)27-14-23-28(17-46-27)47-34(18-49-11-5-8-33(49)38(42,43)44)50-29-7-4-6-25(40)21(29)15-31(23)50/h4,6-7,9-10,12-17,33H,5,8,11,18H2,1-3H3,(H,45,51)/t33-/m1/s1. The number of nitrogens with zero attached hydrogens (tertiary/aromatic N) is 5. The molecule has 0 unspecified atom stereocenters. The molecule has 0 spiro atoms. The molecule has 0 saturated carbocycles. The summed E-state index contributed by atoms with van der Waals surface area (Å²) in [4.78, 5) is 24.0. The molecule has 3 aromatic carbocycles. The van der Waals surface area contributed by atoms with Gasteiger partial charge in [-0.25, -0.2) is 26.6 Å². The van der Waals surface area contributed by atoms with Gasteiger partial charge < -0.3 is 9.73 Å². The highest BCUT2D eigenvalue weighted by molar-refractivity contribution is 7.92. The molecule has 1 fully saturated rings. The van der Waals surface area contributed by atoms with Crippen molar-refractivity contribution < 1.29 is 44.0 Å². The monoisotopic (exact) mass is 780 g/mol. The van der Waals surface area contributed by atoms with E-state index in [1.165, 1.54) is 49.5 Å². The number of pyridine rings is 1. The summed E-state index contributed by atoms with van der Waals surface area (Å²) in [5, 5.41) is 3.27. The highest BCUT2D eigenvalue weighted by atomic mass is 32.2. The summed E-state index contributed by atoms with van der Waals surface area (Å²) in [6, 6.07) is 11.5. The number of aromatic nitrogens is 3. The van der Waals surface area contributed by atoms with Crippen molar-refractivity contribution in [1.82, 2.24) is 24.6 Å². The lowest BCUT2D eigenvalue weighted by molar-refractivity contribution is -0.177. The van der Waals surface area contributed by atoms with Crippen LogP contribution in [0.2, 0.25) is 0 Å². The number of carbonyl (C=O) groups excluding carboxylic acids is 1. The Morgan fingerprint density at radius 3 is 2.47 bits per heavy atom. The van der Waals surface area contributed by atoms with Crippen molar-refractivity contribution in [2.24, 2.45) is 0 Å². The molecule has 284 valence electrons. The van der Waals surface area contributed by atoms with E-state index in [9.17, 15) is 30.8 Å². The van der Waals surface area contributed by atoms with Crippen molar-refractivity contribution in [2.45, 2.75) is 31.6 Å². The molecule has 1 aliphatic rings. The maximum Gasteiger partial charge on any atom is 0.404 e. The first-order valence-electron chi connectivity index (χ1n) is 17.0. The minimum atomic E-state index is -4.45. The molecule has 10 nitrogen and oxygen atoms in total. The largest absolute Gasteiger partial charge is 0.455 e. The van der Waals surface area contributed by atoms with E-state index in [0.29, 0.717) is 28.9 Å². The predicted molar refractivity (Wildman–Crippen MR) is 195 cm³/mol. The van der Waals surface area contributed by atoms with Gasteiger partial charge >= 0.3 is 6.18 Å². The highest BCUT2D eigenvalue weighted by Gasteiger charge is 2.46. The van der Waals surface area contributed by atoms with Crippen LogP contribution in [0.1, 0.15) is 29.0 Å². The Kier molecular flexibility index (Phi) is 8.56. The van der Waals surface area contributed by atoms with Gasteiger partial charge in [0.15, 0.2) is 5.76 Å². The van der Waals surface area contributed by atoms with Gasteiger partial charge in [0.2, 0.25) is 10.0 Å². The second-order valence-electron chi connectivity index (χ2n) is 13.4. The second-order valence-corrected chi connectivity index (χ2v) is 15.4. The lowest BCUT2D eigenvalue weighted by atomic mass is 10.00. The molecule has 0 aliphatic carbocycles. The number of hydrogen-bond donors (Lipinski definition) is 1. The number of hydrogen-bond acceptors (Lipinski definition) is 7. The van der Waals surface area contributed by atoms with E-state index < -0.39 is 45.6 Å². The third-order valence-electron chi connectivity index (χ3n) is 10.1. The summed E-state index contributed by atoms with van der Waals surface area (Å²) in [7, 11) is -1.28. The normalized spacial score (nSPS) is 15.5. The van der Waals surface area contributed by atoms with Crippen molar-refractivity contribution >= 4 is 59.9 Å². The molecule has 5 heterocycles. The van der Waals surface area contributed by atoms with Crippen LogP contribution < -0.4 is 9.62 Å². The first-order valence-corrected chi connectivity index (χ1v) is 18.8. The summed E-state index contributed by atoms with van der Waals surface area (Å²) in [6.07, 6.45) is -1.80. The molecule has 17 heteroatoms. The SMILES string of the molecule is CNC(=O)c1c(-c2ccc(F)cc2F)oc2cc(N(C)S(C)(=O)=O)c(-c3cc4c(cn3)nc(CN3CCC[C@@H]3C(F)(F)F)n3c5cccc(F)c5cc43)cc12. The van der Waals surface area contributed by atoms with Crippen LogP contribution in [0.15, 0.2) is 71.3 Å². The predicted octanol–water partition coefficient (Wildman–Crippen LogP) is 7.82. The Balaban J connectivity index is 1.39. The molecule has 8 rings (SSSR count). The second kappa shape index (κ2) is 13.0. The van der Waals surface area contributed by atoms with Gasteiger partial charge in [0.25, 0.3) is 5.91 Å². The highest BCUT2D eigenvalue weighted by Crippen LogP contribution is 2.43. The van der Waals surface area contributed by atoms with Crippen molar-refractivity contribution in [3.05, 3.63) is 95.7 Å². The lowest BCUT2D eigenvalue weighted by Crippen LogP contribution is -2.41. The zero-order valence-electron chi connectivity index (χ0n) is 29.3. The first kappa shape index (κ1) is 36.3. The molecule has 1 amide bonds. The number of halogens is 6. The summed E-state index contributed by atoms with van der Waals surface area (Å²) >= 11 is 0. The summed E-state index contributed by atoms with van der Waals surface area (Å²) < 4.78 is 121. The van der Waals surface area contributed by atoms with E-state index in [0.717, 1.165) is 22.7 Å². The van der Waals surface area contributed by atoms with Crippen molar-refractivity contribution in [2.75, 3.05) is 31.2 Å². The number of likely N-dealkylation sites (tertiary alicyclic amines) is 1. The summed E-state index contributed by atoms with van der Waals surface area (Å²) in [5.74, 6) is -3.07. The molecule has 1 aliphatic heterocycles. The van der Waals surface area contributed by atoms with Crippen molar-refractivity contribution in [3.8, 4) is 22.6 Å². The van der Waals surface area contributed by atoms with Crippen LogP contribution in [0.5, 0.6) is 0 Å². The summed E-state index contributed by atoms with van der Waals surface area (Å²) in [6.45, 7) is 0.00912. The van der Waals surface area contributed by atoms with E-state index >= 15 is 8.78 Å².